The molecule has 0 bridgehead atoms. The molecule has 0 fully saturated rings. The largest absolute Gasteiger partial charge is 0.344 e. The third-order valence-electron chi connectivity index (χ3n) is 2.54. The third kappa shape index (κ3) is 5.41. The van der Waals surface area contributed by atoms with Gasteiger partial charge in [-0.3, -0.25) is 9.00 Å². The molecule has 0 aliphatic carbocycles. The Kier molecular flexibility index (Phi) is 6.54. The Hall–Kier alpha value is -1.38. The van der Waals surface area contributed by atoms with Crippen molar-refractivity contribution in [2.75, 3.05) is 19.3 Å². The molecule has 0 radical (unpaired) electrons. The Morgan fingerprint density at radius 3 is 2.79 bits per heavy atom. The predicted molar refractivity (Wildman–Crippen MR) is 76.0 cm³/mol. The number of benzene rings is 1. The van der Waals surface area contributed by atoms with E-state index in [1.807, 2.05) is 12.1 Å². The SMILES string of the molecule is CN(CCC#N)C(=O)CS(=O)Cc1ccccc1Cl. The standard InChI is InChI=1S/C13H15ClN2O2S/c1-16(8-4-7-15)13(17)10-19(18)9-11-5-2-3-6-12(11)14/h2-3,5-6H,4,8-10H2,1H3. The number of nitriles is 1. The highest BCUT2D eigenvalue weighted by Gasteiger charge is 2.13. The summed E-state index contributed by atoms with van der Waals surface area (Å²) < 4.78 is 11.9. The molecule has 19 heavy (non-hydrogen) atoms. The second-order valence-electron chi connectivity index (χ2n) is 4.04. The van der Waals surface area contributed by atoms with Crippen LogP contribution in [-0.2, 0) is 21.3 Å². The number of rotatable bonds is 6. The van der Waals surface area contributed by atoms with Crippen LogP contribution in [0.2, 0.25) is 5.02 Å². The second-order valence-corrected chi connectivity index (χ2v) is 5.91. The molecule has 0 N–H and O–H groups in total. The van der Waals surface area contributed by atoms with E-state index in [4.69, 9.17) is 16.9 Å². The van der Waals surface area contributed by atoms with Gasteiger partial charge in [0.2, 0.25) is 5.91 Å². The van der Waals surface area contributed by atoms with Crippen LogP contribution in [0.25, 0.3) is 0 Å². The van der Waals surface area contributed by atoms with Gasteiger partial charge < -0.3 is 4.90 Å². The van der Waals surface area contributed by atoms with E-state index >= 15 is 0 Å². The Labute approximate surface area is 120 Å². The summed E-state index contributed by atoms with van der Waals surface area (Å²) in [5.41, 5.74) is 0.773. The van der Waals surface area contributed by atoms with E-state index in [-0.39, 0.29) is 23.8 Å². The van der Waals surface area contributed by atoms with Crippen LogP contribution in [-0.4, -0.2) is 34.4 Å². The minimum Gasteiger partial charge on any atom is -0.344 e. The smallest absolute Gasteiger partial charge is 0.234 e. The molecule has 1 atom stereocenters. The molecular formula is C13H15ClN2O2S. The lowest BCUT2D eigenvalue weighted by molar-refractivity contribution is -0.127. The van der Waals surface area contributed by atoms with Crippen molar-refractivity contribution >= 4 is 28.3 Å². The maximum atomic E-state index is 11.9. The van der Waals surface area contributed by atoms with Crippen LogP contribution >= 0.6 is 11.6 Å². The summed E-state index contributed by atoms with van der Waals surface area (Å²) in [4.78, 5) is 13.1. The Morgan fingerprint density at radius 1 is 1.47 bits per heavy atom. The zero-order valence-corrected chi connectivity index (χ0v) is 12.2. The van der Waals surface area contributed by atoms with Crippen LogP contribution in [0.1, 0.15) is 12.0 Å². The van der Waals surface area contributed by atoms with Crippen molar-refractivity contribution in [2.24, 2.45) is 0 Å². The molecule has 1 aromatic carbocycles. The van der Waals surface area contributed by atoms with Gasteiger partial charge in [-0.05, 0) is 11.6 Å². The number of hydrogen-bond acceptors (Lipinski definition) is 3. The van der Waals surface area contributed by atoms with Crippen LogP contribution in [0, 0.1) is 11.3 Å². The maximum absolute atomic E-state index is 11.9. The fraction of sp³-hybridized carbons (Fsp3) is 0.385. The summed E-state index contributed by atoms with van der Waals surface area (Å²) in [5, 5.41) is 9.00. The molecule has 1 amide bonds. The van der Waals surface area contributed by atoms with Gasteiger partial charge in [0, 0.05) is 29.4 Å². The lowest BCUT2D eigenvalue weighted by atomic mass is 10.2. The first kappa shape index (κ1) is 15.7. The zero-order chi connectivity index (χ0) is 14.3. The van der Waals surface area contributed by atoms with Gasteiger partial charge in [-0.25, -0.2) is 0 Å². The van der Waals surface area contributed by atoms with Crippen LogP contribution in [0.5, 0.6) is 0 Å². The van der Waals surface area contributed by atoms with Gasteiger partial charge in [0.15, 0.2) is 0 Å². The summed E-state index contributed by atoms with van der Waals surface area (Å²) in [7, 11) is 0.308. The van der Waals surface area contributed by atoms with E-state index in [9.17, 15) is 9.00 Å². The van der Waals surface area contributed by atoms with Gasteiger partial charge >= 0.3 is 0 Å². The van der Waals surface area contributed by atoms with Gasteiger partial charge in [0.1, 0.15) is 5.75 Å². The van der Waals surface area contributed by atoms with Gasteiger partial charge in [-0.15, -0.1) is 0 Å². The molecular weight excluding hydrogens is 284 g/mol. The summed E-state index contributed by atoms with van der Waals surface area (Å²) in [6.07, 6.45) is 0.277. The number of nitrogens with zero attached hydrogens (tertiary/aromatic N) is 2. The second kappa shape index (κ2) is 7.93. The molecule has 0 aromatic heterocycles. The Morgan fingerprint density at radius 2 is 2.16 bits per heavy atom. The number of carbonyl (C=O) groups excluding carboxylic acids is 1. The molecule has 1 unspecified atom stereocenters. The van der Waals surface area contributed by atoms with Crippen molar-refractivity contribution in [3.63, 3.8) is 0 Å². The molecule has 102 valence electrons. The normalized spacial score (nSPS) is 11.6. The van der Waals surface area contributed by atoms with E-state index in [2.05, 4.69) is 0 Å². The van der Waals surface area contributed by atoms with Crippen molar-refractivity contribution in [3.05, 3.63) is 34.9 Å². The Balaban J connectivity index is 2.50. The lowest BCUT2D eigenvalue weighted by Gasteiger charge is -2.15. The average Bonchev–Trinajstić information content (AvgIpc) is 2.38. The zero-order valence-electron chi connectivity index (χ0n) is 10.6. The van der Waals surface area contributed by atoms with Crippen LogP contribution in [0.3, 0.4) is 0 Å². The van der Waals surface area contributed by atoms with Crippen molar-refractivity contribution in [3.8, 4) is 6.07 Å². The first-order valence-electron chi connectivity index (χ1n) is 5.74. The van der Waals surface area contributed by atoms with Crippen LogP contribution in [0.15, 0.2) is 24.3 Å². The summed E-state index contributed by atoms with van der Waals surface area (Å²) in [6, 6.07) is 9.11. The fourth-order valence-electron chi connectivity index (χ4n) is 1.43. The topological polar surface area (TPSA) is 61.2 Å². The van der Waals surface area contributed by atoms with E-state index in [0.717, 1.165) is 5.56 Å². The maximum Gasteiger partial charge on any atom is 0.234 e. The van der Waals surface area contributed by atoms with Crippen LogP contribution in [0.4, 0.5) is 0 Å². The van der Waals surface area contributed by atoms with E-state index < -0.39 is 10.8 Å². The molecule has 6 heteroatoms. The number of carbonyl (C=O) groups is 1. The van der Waals surface area contributed by atoms with Gasteiger partial charge in [-0.1, -0.05) is 29.8 Å². The summed E-state index contributed by atoms with van der Waals surface area (Å²) in [5.74, 6) is -0.00868. The van der Waals surface area contributed by atoms with Crippen LogP contribution < -0.4 is 0 Å². The third-order valence-corrected chi connectivity index (χ3v) is 4.11. The highest BCUT2D eigenvalue weighted by Crippen LogP contribution is 2.16. The van der Waals surface area contributed by atoms with Crippen molar-refractivity contribution < 1.29 is 9.00 Å². The predicted octanol–water partition coefficient (Wildman–Crippen LogP) is 1.96. The molecule has 4 nitrogen and oxygen atoms in total. The van der Waals surface area contributed by atoms with E-state index in [1.54, 1.807) is 25.2 Å². The quantitative estimate of drug-likeness (QED) is 0.806. The monoisotopic (exact) mass is 298 g/mol. The highest BCUT2D eigenvalue weighted by molar-refractivity contribution is 7.84. The average molecular weight is 299 g/mol. The summed E-state index contributed by atoms with van der Waals surface area (Å²) in [6.45, 7) is 0.360. The molecule has 1 aromatic rings. The van der Waals surface area contributed by atoms with Gasteiger partial charge in [-0.2, -0.15) is 5.26 Å². The van der Waals surface area contributed by atoms with Crippen molar-refractivity contribution in [2.45, 2.75) is 12.2 Å². The lowest BCUT2D eigenvalue weighted by Crippen LogP contribution is -2.31. The number of halogens is 1. The molecule has 1 rings (SSSR count). The minimum atomic E-state index is -1.30. The minimum absolute atomic E-state index is 0.0485. The van der Waals surface area contributed by atoms with E-state index in [0.29, 0.717) is 11.6 Å². The fourth-order valence-corrected chi connectivity index (χ4v) is 2.91. The Bertz CT molecular complexity index is 514. The molecule has 0 aliphatic heterocycles. The molecule has 0 saturated carbocycles. The first-order chi connectivity index (χ1) is 9.04. The summed E-state index contributed by atoms with van der Waals surface area (Å²) >= 11 is 5.97. The molecule has 0 aliphatic rings. The highest BCUT2D eigenvalue weighted by atomic mass is 35.5. The molecule has 0 saturated heterocycles. The molecule has 0 heterocycles. The molecule has 0 spiro atoms. The van der Waals surface area contributed by atoms with Gasteiger partial charge in [0.25, 0.3) is 0 Å². The van der Waals surface area contributed by atoms with Crippen molar-refractivity contribution in [1.29, 1.82) is 5.26 Å². The number of hydrogen-bond donors (Lipinski definition) is 0. The van der Waals surface area contributed by atoms with Gasteiger partial charge in [0.05, 0.1) is 18.2 Å². The van der Waals surface area contributed by atoms with E-state index in [1.165, 1.54) is 4.90 Å². The van der Waals surface area contributed by atoms with Crippen molar-refractivity contribution in [1.82, 2.24) is 4.90 Å². The first-order valence-corrected chi connectivity index (χ1v) is 7.60. The number of amides is 1.